The molecule has 29 heavy (non-hydrogen) atoms. The minimum absolute atomic E-state index is 0.0117. The van der Waals surface area contributed by atoms with Gasteiger partial charge in [0.25, 0.3) is 0 Å². The third kappa shape index (κ3) is 3.99. The number of nitro groups is 1. The van der Waals surface area contributed by atoms with E-state index in [0.717, 1.165) is 5.56 Å². The van der Waals surface area contributed by atoms with Gasteiger partial charge in [-0.2, -0.15) is 4.98 Å². The molecule has 0 aliphatic carbocycles. The molecule has 4 rings (SSSR count). The van der Waals surface area contributed by atoms with Crippen molar-refractivity contribution in [2.45, 2.75) is 6.92 Å². The maximum absolute atomic E-state index is 11.7. The number of fused-ring (bicyclic) bond motifs is 1. The van der Waals surface area contributed by atoms with Crippen molar-refractivity contribution >= 4 is 28.8 Å². The quantitative estimate of drug-likeness (QED) is 0.474. The van der Waals surface area contributed by atoms with Crippen molar-refractivity contribution in [1.29, 1.82) is 0 Å². The molecule has 0 fully saturated rings. The van der Waals surface area contributed by atoms with Gasteiger partial charge in [-0.1, -0.05) is 11.6 Å². The van der Waals surface area contributed by atoms with E-state index in [1.807, 2.05) is 0 Å². The molecule has 0 saturated heterocycles. The minimum atomic E-state index is -0.599. The number of nitrogens with one attached hydrogen (secondary N) is 1. The average Bonchev–Trinajstić information content (AvgIpc) is 2.70. The first kappa shape index (κ1) is 18.8. The lowest BCUT2D eigenvalue weighted by Gasteiger charge is -2.19. The lowest BCUT2D eigenvalue weighted by Crippen LogP contribution is -2.15. The Morgan fingerprint density at radius 1 is 1.14 bits per heavy atom. The van der Waals surface area contributed by atoms with Crippen LogP contribution in [0.4, 0.5) is 17.2 Å². The summed E-state index contributed by atoms with van der Waals surface area (Å²) in [6, 6.07) is 10.0. The van der Waals surface area contributed by atoms with Crippen molar-refractivity contribution in [3.63, 3.8) is 0 Å². The van der Waals surface area contributed by atoms with Crippen molar-refractivity contribution < 1.29 is 19.1 Å². The summed E-state index contributed by atoms with van der Waals surface area (Å²) in [5, 5.41) is 15.2. The van der Waals surface area contributed by atoms with Crippen LogP contribution in [0.15, 0.2) is 42.7 Å². The molecule has 0 bridgehead atoms. The fraction of sp³-hybridized carbons (Fsp3) is 0.158. The predicted molar refractivity (Wildman–Crippen MR) is 106 cm³/mol. The zero-order valence-corrected chi connectivity index (χ0v) is 16.0. The highest BCUT2D eigenvalue weighted by molar-refractivity contribution is 6.31. The van der Waals surface area contributed by atoms with Crippen molar-refractivity contribution in [1.82, 2.24) is 9.97 Å². The van der Waals surface area contributed by atoms with E-state index in [4.69, 9.17) is 25.8 Å². The van der Waals surface area contributed by atoms with Crippen LogP contribution in [0.5, 0.6) is 23.1 Å². The van der Waals surface area contributed by atoms with Crippen molar-refractivity contribution in [3.8, 4) is 23.1 Å². The Balaban J connectivity index is 1.66. The van der Waals surface area contributed by atoms with Gasteiger partial charge in [-0.25, -0.2) is 4.98 Å². The first-order valence-electron chi connectivity index (χ1n) is 8.61. The number of aromatic nitrogens is 2. The van der Waals surface area contributed by atoms with Gasteiger partial charge in [-0.05, 0) is 42.8 Å². The highest BCUT2D eigenvalue weighted by Gasteiger charge is 2.26. The van der Waals surface area contributed by atoms with Crippen LogP contribution in [-0.2, 0) is 0 Å². The standard InChI is InChI=1S/C19H15ClN4O5/c1-11-8-13(3-4-14(11)20)29-19-17(24(25)26)18(21-10-22-19)23-12-2-5-15-16(9-12)28-7-6-27-15/h2-5,8-10H,6-7H2,1H3,(H,21,22,23). The van der Waals surface area contributed by atoms with Crippen molar-refractivity contribution in [2.24, 2.45) is 0 Å². The smallest absolute Gasteiger partial charge is 0.373 e. The van der Waals surface area contributed by atoms with Gasteiger partial charge in [-0.15, -0.1) is 0 Å². The zero-order chi connectivity index (χ0) is 20.4. The first-order valence-corrected chi connectivity index (χ1v) is 8.99. The fourth-order valence-electron chi connectivity index (χ4n) is 2.74. The lowest BCUT2D eigenvalue weighted by atomic mass is 10.2. The average molecular weight is 415 g/mol. The Morgan fingerprint density at radius 2 is 1.93 bits per heavy atom. The molecule has 0 saturated carbocycles. The normalized spacial score (nSPS) is 12.3. The number of rotatable bonds is 5. The van der Waals surface area contributed by atoms with Crippen LogP contribution < -0.4 is 19.5 Å². The molecule has 1 aromatic heterocycles. The summed E-state index contributed by atoms with van der Waals surface area (Å²) < 4.78 is 16.7. The topological polar surface area (TPSA) is 109 Å². The summed E-state index contributed by atoms with van der Waals surface area (Å²) in [7, 11) is 0. The summed E-state index contributed by atoms with van der Waals surface area (Å²) in [6.07, 6.45) is 1.19. The second-order valence-electron chi connectivity index (χ2n) is 6.13. The molecule has 1 N–H and O–H groups in total. The number of nitrogens with zero attached hydrogens (tertiary/aromatic N) is 3. The first-order chi connectivity index (χ1) is 14.0. The number of ether oxygens (including phenoxy) is 3. The zero-order valence-electron chi connectivity index (χ0n) is 15.2. The molecule has 9 nitrogen and oxygen atoms in total. The van der Waals surface area contributed by atoms with E-state index in [-0.39, 0.29) is 11.7 Å². The minimum Gasteiger partial charge on any atom is -0.486 e. The molecule has 2 aromatic carbocycles. The Morgan fingerprint density at radius 3 is 2.69 bits per heavy atom. The molecule has 0 amide bonds. The van der Waals surface area contributed by atoms with E-state index in [0.29, 0.717) is 41.2 Å². The summed E-state index contributed by atoms with van der Waals surface area (Å²) in [5.41, 5.74) is 0.926. The maximum Gasteiger partial charge on any atom is 0.373 e. The monoisotopic (exact) mass is 414 g/mol. The molecule has 0 spiro atoms. The summed E-state index contributed by atoms with van der Waals surface area (Å²) in [4.78, 5) is 19.0. The van der Waals surface area contributed by atoms with Gasteiger partial charge < -0.3 is 19.5 Å². The van der Waals surface area contributed by atoms with Crippen LogP contribution in [0.25, 0.3) is 0 Å². The van der Waals surface area contributed by atoms with Crippen LogP contribution in [0.3, 0.4) is 0 Å². The Hall–Kier alpha value is -3.59. The number of benzene rings is 2. The Bertz CT molecular complexity index is 1090. The predicted octanol–water partition coefficient (Wildman–Crippen LogP) is 4.65. The number of hydrogen-bond acceptors (Lipinski definition) is 8. The lowest BCUT2D eigenvalue weighted by molar-refractivity contribution is -0.385. The number of aryl methyl sites for hydroxylation is 1. The SMILES string of the molecule is Cc1cc(Oc2ncnc(Nc3ccc4c(c3)OCCO4)c2[N+](=O)[O-])ccc1Cl. The molecule has 3 aromatic rings. The van der Waals surface area contributed by atoms with E-state index < -0.39 is 10.6 Å². The van der Waals surface area contributed by atoms with Gasteiger partial charge in [0.2, 0.25) is 5.82 Å². The fourth-order valence-corrected chi connectivity index (χ4v) is 2.86. The van der Waals surface area contributed by atoms with Crippen LogP contribution in [-0.4, -0.2) is 28.1 Å². The third-order valence-electron chi connectivity index (χ3n) is 4.12. The van der Waals surface area contributed by atoms with E-state index in [1.54, 1.807) is 43.3 Å². The second kappa shape index (κ2) is 7.80. The summed E-state index contributed by atoms with van der Waals surface area (Å²) in [5.74, 6) is 1.33. The number of hydrogen-bond donors (Lipinski definition) is 1. The van der Waals surface area contributed by atoms with Crippen LogP contribution in [0.2, 0.25) is 5.02 Å². The van der Waals surface area contributed by atoms with Crippen molar-refractivity contribution in [2.75, 3.05) is 18.5 Å². The number of anilines is 2. The Kier molecular flexibility index (Phi) is 5.05. The van der Waals surface area contributed by atoms with Crippen LogP contribution in [0.1, 0.15) is 5.56 Å². The van der Waals surface area contributed by atoms with Gasteiger partial charge in [0, 0.05) is 16.8 Å². The van der Waals surface area contributed by atoms with E-state index in [9.17, 15) is 10.1 Å². The highest BCUT2D eigenvalue weighted by Crippen LogP contribution is 2.38. The molecule has 1 aliphatic heterocycles. The Labute approximate surface area is 170 Å². The van der Waals surface area contributed by atoms with Gasteiger partial charge in [-0.3, -0.25) is 10.1 Å². The molecule has 0 atom stereocenters. The largest absolute Gasteiger partial charge is 0.486 e. The van der Waals surface area contributed by atoms with E-state index in [1.165, 1.54) is 6.33 Å². The van der Waals surface area contributed by atoms with Gasteiger partial charge >= 0.3 is 11.6 Å². The molecular formula is C19H15ClN4O5. The van der Waals surface area contributed by atoms with Gasteiger partial charge in [0.1, 0.15) is 25.3 Å². The number of halogens is 1. The summed E-state index contributed by atoms with van der Waals surface area (Å²) >= 11 is 6.01. The molecule has 0 radical (unpaired) electrons. The van der Waals surface area contributed by atoms with Crippen LogP contribution in [0, 0.1) is 17.0 Å². The van der Waals surface area contributed by atoms with E-state index in [2.05, 4.69) is 15.3 Å². The van der Waals surface area contributed by atoms with Crippen molar-refractivity contribution in [3.05, 3.63) is 63.4 Å². The molecule has 0 unspecified atom stereocenters. The molecular weight excluding hydrogens is 400 g/mol. The maximum atomic E-state index is 11.7. The molecule has 148 valence electrons. The molecule has 2 heterocycles. The molecule has 10 heteroatoms. The van der Waals surface area contributed by atoms with Gasteiger partial charge in [0.15, 0.2) is 11.5 Å². The van der Waals surface area contributed by atoms with Crippen LogP contribution >= 0.6 is 11.6 Å². The summed E-state index contributed by atoms with van der Waals surface area (Å²) in [6.45, 7) is 2.71. The molecule has 1 aliphatic rings. The highest BCUT2D eigenvalue weighted by atomic mass is 35.5. The van der Waals surface area contributed by atoms with Gasteiger partial charge in [0.05, 0.1) is 4.92 Å². The third-order valence-corrected chi connectivity index (χ3v) is 4.54. The van der Waals surface area contributed by atoms with E-state index >= 15 is 0 Å². The second-order valence-corrected chi connectivity index (χ2v) is 6.54.